The highest BCUT2D eigenvalue weighted by molar-refractivity contribution is 6.31. The van der Waals surface area contributed by atoms with Crippen molar-refractivity contribution in [1.29, 1.82) is 0 Å². The second-order valence-electron chi connectivity index (χ2n) is 4.71. The van der Waals surface area contributed by atoms with Gasteiger partial charge in [-0.3, -0.25) is 0 Å². The zero-order chi connectivity index (χ0) is 14.9. The summed E-state index contributed by atoms with van der Waals surface area (Å²) < 4.78 is 1.50. The molecular weight excluding hydrogens is 280 g/mol. The number of hydrogen-bond acceptors (Lipinski definition) is 4. The number of aromatic nitrogens is 3. The second kappa shape index (κ2) is 5.60. The summed E-state index contributed by atoms with van der Waals surface area (Å²) in [5.74, 6) is -0.846. The summed E-state index contributed by atoms with van der Waals surface area (Å²) in [6.07, 6.45) is 0. The van der Waals surface area contributed by atoms with E-state index in [1.807, 2.05) is 25.1 Å². The molecule has 0 bridgehead atoms. The molecule has 0 spiro atoms. The van der Waals surface area contributed by atoms with E-state index in [0.717, 1.165) is 11.3 Å². The monoisotopic (exact) mass is 294 g/mol. The van der Waals surface area contributed by atoms with Crippen LogP contribution in [0.5, 0.6) is 0 Å². The quantitative estimate of drug-likeness (QED) is 0.934. The maximum absolute atomic E-state index is 10.9. The zero-order valence-corrected chi connectivity index (χ0v) is 12.2. The Bertz CT molecular complexity index is 652. The third-order valence-corrected chi connectivity index (χ3v) is 3.09. The minimum atomic E-state index is -1.14. The lowest BCUT2D eigenvalue weighted by molar-refractivity contribution is 0.0683. The van der Waals surface area contributed by atoms with Crippen molar-refractivity contribution >= 4 is 17.6 Å². The van der Waals surface area contributed by atoms with Gasteiger partial charge in [-0.1, -0.05) is 11.6 Å². The van der Waals surface area contributed by atoms with Crippen LogP contribution in [0.15, 0.2) is 18.2 Å². The second-order valence-corrected chi connectivity index (χ2v) is 5.12. The Labute approximate surface area is 121 Å². The highest BCUT2D eigenvalue weighted by Gasteiger charge is 2.14. The molecule has 0 radical (unpaired) electrons. The summed E-state index contributed by atoms with van der Waals surface area (Å²) >= 11 is 6.16. The number of carboxylic acids is 1. The fourth-order valence-electron chi connectivity index (χ4n) is 1.88. The lowest BCUT2D eigenvalue weighted by Crippen LogP contribution is -2.11. The molecule has 0 fully saturated rings. The lowest BCUT2D eigenvalue weighted by Gasteiger charge is -2.13. The summed E-state index contributed by atoms with van der Waals surface area (Å²) in [7, 11) is 3.90. The van der Waals surface area contributed by atoms with Gasteiger partial charge in [0.1, 0.15) is 5.82 Å². The van der Waals surface area contributed by atoms with E-state index in [-0.39, 0.29) is 5.82 Å². The molecule has 20 heavy (non-hydrogen) atoms. The maximum Gasteiger partial charge on any atom is 0.375 e. The van der Waals surface area contributed by atoms with E-state index in [9.17, 15) is 4.79 Å². The smallest absolute Gasteiger partial charge is 0.375 e. The number of carbonyl (C=O) groups is 1. The first kappa shape index (κ1) is 14.5. The molecule has 0 aliphatic carbocycles. The Balaban J connectivity index is 2.45. The van der Waals surface area contributed by atoms with Crippen molar-refractivity contribution in [3.63, 3.8) is 0 Å². The van der Waals surface area contributed by atoms with Crippen LogP contribution in [0, 0.1) is 6.92 Å². The molecule has 0 aliphatic heterocycles. The summed E-state index contributed by atoms with van der Waals surface area (Å²) in [6, 6.07) is 5.45. The Hall–Kier alpha value is -1.92. The van der Waals surface area contributed by atoms with Gasteiger partial charge >= 0.3 is 5.97 Å². The van der Waals surface area contributed by atoms with Crippen molar-refractivity contribution in [2.75, 3.05) is 14.1 Å². The molecule has 2 aromatic rings. The molecule has 2 rings (SSSR count). The number of hydrogen-bond donors (Lipinski definition) is 1. The average Bonchev–Trinajstić information content (AvgIpc) is 2.74. The van der Waals surface area contributed by atoms with E-state index in [1.54, 1.807) is 19.1 Å². The molecule has 0 unspecified atom stereocenters. The standard InChI is InChI=1S/C13H15ClN4O2/c1-8-15-12(13(19)20)16-18(8)10-4-5-11(14)9(6-10)7-17(2)3/h4-6H,7H2,1-3H3,(H,19,20). The van der Waals surface area contributed by atoms with Gasteiger partial charge in [0.2, 0.25) is 0 Å². The fraction of sp³-hybridized carbons (Fsp3) is 0.308. The van der Waals surface area contributed by atoms with Gasteiger partial charge in [-0.05, 0) is 44.8 Å². The van der Waals surface area contributed by atoms with E-state index < -0.39 is 5.97 Å². The molecule has 1 aromatic heterocycles. The number of carboxylic acid groups (broad SMARTS) is 1. The number of aromatic carboxylic acids is 1. The summed E-state index contributed by atoms with van der Waals surface area (Å²) in [6.45, 7) is 2.39. The molecule has 1 aromatic carbocycles. The highest BCUT2D eigenvalue weighted by atomic mass is 35.5. The third-order valence-electron chi connectivity index (χ3n) is 2.72. The van der Waals surface area contributed by atoms with Gasteiger partial charge in [-0.15, -0.1) is 5.10 Å². The molecule has 6 nitrogen and oxygen atoms in total. The Kier molecular flexibility index (Phi) is 4.06. The predicted octanol–water partition coefficient (Wildman–Crippen LogP) is 1.99. The number of halogens is 1. The van der Waals surface area contributed by atoms with Crippen LogP contribution >= 0.6 is 11.6 Å². The summed E-state index contributed by atoms with van der Waals surface area (Å²) in [4.78, 5) is 16.8. The topological polar surface area (TPSA) is 71.2 Å². The zero-order valence-electron chi connectivity index (χ0n) is 11.5. The average molecular weight is 295 g/mol. The minimum absolute atomic E-state index is 0.216. The molecule has 0 atom stereocenters. The van der Waals surface area contributed by atoms with Gasteiger partial charge in [0.15, 0.2) is 0 Å². The number of rotatable bonds is 4. The van der Waals surface area contributed by atoms with Crippen molar-refractivity contribution in [1.82, 2.24) is 19.7 Å². The van der Waals surface area contributed by atoms with Gasteiger partial charge in [-0.2, -0.15) is 0 Å². The van der Waals surface area contributed by atoms with Gasteiger partial charge in [-0.25, -0.2) is 14.5 Å². The molecule has 0 amide bonds. The Morgan fingerprint density at radius 1 is 1.45 bits per heavy atom. The largest absolute Gasteiger partial charge is 0.475 e. The van der Waals surface area contributed by atoms with E-state index in [0.29, 0.717) is 17.4 Å². The molecule has 1 N–H and O–H groups in total. The Morgan fingerprint density at radius 3 is 2.70 bits per heavy atom. The van der Waals surface area contributed by atoms with Crippen LogP contribution in [-0.2, 0) is 6.54 Å². The molecule has 0 saturated heterocycles. The van der Waals surface area contributed by atoms with Crippen LogP contribution in [0.1, 0.15) is 22.0 Å². The van der Waals surface area contributed by atoms with Crippen LogP contribution in [0.2, 0.25) is 5.02 Å². The van der Waals surface area contributed by atoms with Gasteiger partial charge in [0, 0.05) is 11.6 Å². The molecular formula is C13H15ClN4O2. The van der Waals surface area contributed by atoms with Gasteiger partial charge in [0.05, 0.1) is 5.69 Å². The normalized spacial score (nSPS) is 11.1. The highest BCUT2D eigenvalue weighted by Crippen LogP contribution is 2.21. The minimum Gasteiger partial charge on any atom is -0.475 e. The van der Waals surface area contributed by atoms with E-state index in [1.165, 1.54) is 4.68 Å². The first-order valence-corrected chi connectivity index (χ1v) is 6.36. The Morgan fingerprint density at radius 2 is 2.15 bits per heavy atom. The fourth-order valence-corrected chi connectivity index (χ4v) is 2.06. The molecule has 7 heteroatoms. The van der Waals surface area contributed by atoms with Crippen molar-refractivity contribution in [2.24, 2.45) is 0 Å². The van der Waals surface area contributed by atoms with Crippen LogP contribution in [0.3, 0.4) is 0 Å². The van der Waals surface area contributed by atoms with Crippen molar-refractivity contribution in [2.45, 2.75) is 13.5 Å². The number of benzene rings is 1. The molecule has 1 heterocycles. The first-order valence-electron chi connectivity index (χ1n) is 5.99. The van der Waals surface area contributed by atoms with Crippen LogP contribution in [-0.4, -0.2) is 44.8 Å². The van der Waals surface area contributed by atoms with Crippen LogP contribution in [0.25, 0.3) is 5.69 Å². The first-order chi connectivity index (χ1) is 9.38. The molecule has 0 saturated carbocycles. The molecule has 0 aliphatic rings. The number of nitrogens with zero attached hydrogens (tertiary/aromatic N) is 4. The number of aryl methyl sites for hydroxylation is 1. The van der Waals surface area contributed by atoms with Crippen molar-refractivity contribution in [3.8, 4) is 5.69 Å². The van der Waals surface area contributed by atoms with Gasteiger partial charge in [0.25, 0.3) is 5.82 Å². The SMILES string of the molecule is Cc1nc(C(=O)O)nn1-c1ccc(Cl)c(CN(C)C)c1. The van der Waals surface area contributed by atoms with Crippen LogP contribution in [0.4, 0.5) is 0 Å². The van der Waals surface area contributed by atoms with Crippen molar-refractivity contribution in [3.05, 3.63) is 40.4 Å². The van der Waals surface area contributed by atoms with Gasteiger partial charge < -0.3 is 10.0 Å². The summed E-state index contributed by atoms with van der Waals surface area (Å²) in [5, 5.41) is 13.6. The maximum atomic E-state index is 10.9. The lowest BCUT2D eigenvalue weighted by atomic mass is 10.2. The van der Waals surface area contributed by atoms with Crippen molar-refractivity contribution < 1.29 is 9.90 Å². The summed E-state index contributed by atoms with van der Waals surface area (Å²) in [5.41, 5.74) is 1.68. The van der Waals surface area contributed by atoms with E-state index >= 15 is 0 Å². The van der Waals surface area contributed by atoms with E-state index in [4.69, 9.17) is 16.7 Å². The predicted molar refractivity (Wildman–Crippen MR) is 75.5 cm³/mol. The van der Waals surface area contributed by atoms with Crippen LogP contribution < -0.4 is 0 Å². The van der Waals surface area contributed by atoms with E-state index in [2.05, 4.69) is 10.1 Å². The third kappa shape index (κ3) is 2.97. The molecule has 106 valence electrons.